The Balaban J connectivity index is 1.20. The standard InChI is InChI=1S/C40H31N3S/c1-3-9-27(10-4-1)30-15-19-32(20-16-30)38-41-39(33-21-17-31(18-22-33)28-11-5-2-6-12-28)43-40(42-38)37-26-35-25-34(23-24-36(35)44-37)29-13-7-8-14-29/h1-6,9-12,15-26,29H,7-8,13-14H2. The maximum Gasteiger partial charge on any atom is 0.174 e. The Bertz CT molecular complexity index is 1940. The summed E-state index contributed by atoms with van der Waals surface area (Å²) in [6.07, 6.45) is 5.28. The molecule has 7 aromatic rings. The number of nitrogens with zero attached hydrogens (tertiary/aromatic N) is 3. The number of hydrogen-bond donors (Lipinski definition) is 0. The highest BCUT2D eigenvalue weighted by Crippen LogP contribution is 2.39. The van der Waals surface area contributed by atoms with Crippen LogP contribution in [-0.4, -0.2) is 15.0 Å². The molecule has 0 atom stereocenters. The first-order valence-electron chi connectivity index (χ1n) is 15.4. The van der Waals surface area contributed by atoms with E-state index in [1.54, 1.807) is 11.3 Å². The van der Waals surface area contributed by atoms with Gasteiger partial charge in [-0.05, 0) is 64.1 Å². The smallest absolute Gasteiger partial charge is 0.174 e. The van der Waals surface area contributed by atoms with Gasteiger partial charge in [-0.15, -0.1) is 11.3 Å². The van der Waals surface area contributed by atoms with E-state index < -0.39 is 0 Å². The quantitative estimate of drug-likeness (QED) is 0.195. The van der Waals surface area contributed by atoms with E-state index in [1.165, 1.54) is 63.6 Å². The third-order valence-corrected chi connectivity index (χ3v) is 9.84. The van der Waals surface area contributed by atoms with Crippen molar-refractivity contribution in [2.24, 2.45) is 0 Å². The molecule has 0 N–H and O–H groups in total. The molecule has 2 aromatic heterocycles. The number of rotatable bonds is 6. The Labute approximate surface area is 262 Å². The van der Waals surface area contributed by atoms with Gasteiger partial charge in [0.2, 0.25) is 0 Å². The molecule has 0 aliphatic heterocycles. The van der Waals surface area contributed by atoms with E-state index in [0.29, 0.717) is 23.4 Å². The van der Waals surface area contributed by atoms with Crippen molar-refractivity contribution in [3.8, 4) is 55.7 Å². The van der Waals surface area contributed by atoms with Crippen molar-refractivity contribution in [1.82, 2.24) is 15.0 Å². The van der Waals surface area contributed by atoms with Gasteiger partial charge in [-0.2, -0.15) is 0 Å². The third-order valence-electron chi connectivity index (χ3n) is 8.72. The molecule has 3 nitrogen and oxygen atoms in total. The van der Waals surface area contributed by atoms with Crippen LogP contribution in [0, 0.1) is 0 Å². The summed E-state index contributed by atoms with van der Waals surface area (Å²) in [4.78, 5) is 16.2. The molecule has 1 saturated carbocycles. The molecule has 0 bridgehead atoms. The lowest BCUT2D eigenvalue weighted by Crippen LogP contribution is -1.99. The van der Waals surface area contributed by atoms with Crippen LogP contribution < -0.4 is 0 Å². The Morgan fingerprint density at radius 2 is 0.932 bits per heavy atom. The second-order valence-electron chi connectivity index (χ2n) is 11.6. The minimum atomic E-state index is 0.681. The Hall–Kier alpha value is -4.93. The molecule has 0 amide bonds. The van der Waals surface area contributed by atoms with Gasteiger partial charge in [-0.3, -0.25) is 0 Å². The van der Waals surface area contributed by atoms with Crippen LogP contribution in [0.2, 0.25) is 0 Å². The first-order valence-corrected chi connectivity index (χ1v) is 16.2. The van der Waals surface area contributed by atoms with Crippen LogP contribution in [0.25, 0.3) is 65.8 Å². The van der Waals surface area contributed by atoms with Gasteiger partial charge in [0.05, 0.1) is 4.88 Å². The number of fused-ring (bicyclic) bond motifs is 1. The van der Waals surface area contributed by atoms with Crippen LogP contribution in [0.1, 0.15) is 37.2 Å². The molecule has 1 aliphatic carbocycles. The van der Waals surface area contributed by atoms with Gasteiger partial charge in [0.25, 0.3) is 0 Å². The van der Waals surface area contributed by atoms with E-state index in [-0.39, 0.29) is 0 Å². The van der Waals surface area contributed by atoms with Crippen molar-refractivity contribution >= 4 is 21.4 Å². The molecule has 5 aromatic carbocycles. The molecule has 0 spiro atoms. The summed E-state index contributed by atoms with van der Waals surface area (Å²) >= 11 is 1.76. The fourth-order valence-corrected chi connectivity index (χ4v) is 7.29. The SMILES string of the molecule is c1ccc(-c2ccc(-c3nc(-c4ccc(-c5ccccc5)cc4)nc(-c4cc5cc(C6CCCC6)ccc5s4)n3)cc2)cc1. The third kappa shape index (κ3) is 5.34. The predicted molar refractivity (Wildman–Crippen MR) is 184 cm³/mol. The van der Waals surface area contributed by atoms with Crippen molar-refractivity contribution in [3.63, 3.8) is 0 Å². The van der Waals surface area contributed by atoms with Crippen LogP contribution in [-0.2, 0) is 0 Å². The van der Waals surface area contributed by atoms with Crippen LogP contribution >= 0.6 is 11.3 Å². The van der Waals surface area contributed by atoms with E-state index in [4.69, 9.17) is 15.0 Å². The van der Waals surface area contributed by atoms with Gasteiger partial charge in [-0.25, -0.2) is 15.0 Å². The van der Waals surface area contributed by atoms with Crippen molar-refractivity contribution in [2.45, 2.75) is 31.6 Å². The zero-order valence-corrected chi connectivity index (χ0v) is 25.2. The topological polar surface area (TPSA) is 38.7 Å². The Kier molecular flexibility index (Phi) is 7.05. The van der Waals surface area contributed by atoms with E-state index in [0.717, 1.165) is 16.0 Å². The number of hydrogen-bond acceptors (Lipinski definition) is 4. The summed E-state index contributed by atoms with van der Waals surface area (Å²) in [5, 5.41) is 1.28. The average Bonchev–Trinajstić information content (AvgIpc) is 3.80. The minimum absolute atomic E-state index is 0.681. The molecule has 1 fully saturated rings. The van der Waals surface area contributed by atoms with Gasteiger partial charge in [0.1, 0.15) is 0 Å². The first kappa shape index (κ1) is 26.7. The molecule has 0 saturated heterocycles. The Morgan fingerprint density at radius 3 is 1.48 bits per heavy atom. The molecule has 44 heavy (non-hydrogen) atoms. The maximum atomic E-state index is 5.05. The van der Waals surface area contributed by atoms with Crippen molar-refractivity contribution in [1.29, 1.82) is 0 Å². The minimum Gasteiger partial charge on any atom is -0.208 e. The first-order chi connectivity index (χ1) is 21.8. The largest absolute Gasteiger partial charge is 0.208 e. The van der Waals surface area contributed by atoms with Gasteiger partial charge in [0.15, 0.2) is 17.5 Å². The zero-order chi connectivity index (χ0) is 29.3. The molecule has 4 heteroatoms. The van der Waals surface area contributed by atoms with E-state index in [9.17, 15) is 0 Å². The molecule has 8 rings (SSSR count). The summed E-state index contributed by atoms with van der Waals surface area (Å²) in [6.45, 7) is 0. The number of benzene rings is 5. The lowest BCUT2D eigenvalue weighted by molar-refractivity contribution is 0.724. The average molecular weight is 586 g/mol. The lowest BCUT2D eigenvalue weighted by Gasteiger charge is -2.09. The number of thiophene rings is 1. The second kappa shape index (κ2) is 11.6. The van der Waals surface area contributed by atoms with Crippen molar-refractivity contribution < 1.29 is 0 Å². The maximum absolute atomic E-state index is 5.05. The fraction of sp³-hybridized carbons (Fsp3) is 0.125. The molecule has 212 valence electrons. The van der Waals surface area contributed by atoms with Gasteiger partial charge < -0.3 is 0 Å². The van der Waals surface area contributed by atoms with E-state index in [2.05, 4.69) is 121 Å². The summed E-state index contributed by atoms with van der Waals surface area (Å²) in [5.74, 6) is 2.77. The normalized spacial score (nSPS) is 13.5. The summed E-state index contributed by atoms with van der Waals surface area (Å²) in [7, 11) is 0. The summed E-state index contributed by atoms with van der Waals surface area (Å²) < 4.78 is 1.27. The molecular weight excluding hydrogens is 555 g/mol. The predicted octanol–water partition coefficient (Wildman–Crippen LogP) is 11.1. The van der Waals surface area contributed by atoms with Crippen LogP contribution in [0.5, 0.6) is 0 Å². The highest BCUT2D eigenvalue weighted by Gasteiger charge is 2.19. The van der Waals surface area contributed by atoms with Gasteiger partial charge in [-0.1, -0.05) is 134 Å². The van der Waals surface area contributed by atoms with Crippen LogP contribution in [0.3, 0.4) is 0 Å². The second-order valence-corrected chi connectivity index (χ2v) is 12.7. The molecule has 0 unspecified atom stereocenters. The van der Waals surface area contributed by atoms with Gasteiger partial charge >= 0.3 is 0 Å². The van der Waals surface area contributed by atoms with E-state index >= 15 is 0 Å². The fourth-order valence-electron chi connectivity index (χ4n) is 6.31. The van der Waals surface area contributed by atoms with Crippen LogP contribution in [0.4, 0.5) is 0 Å². The summed E-state index contributed by atoms with van der Waals surface area (Å²) in [5.41, 5.74) is 8.13. The van der Waals surface area contributed by atoms with Crippen LogP contribution in [0.15, 0.2) is 133 Å². The van der Waals surface area contributed by atoms with Gasteiger partial charge in [0, 0.05) is 15.8 Å². The monoisotopic (exact) mass is 585 g/mol. The molecule has 0 radical (unpaired) electrons. The molecule has 1 aliphatic rings. The van der Waals surface area contributed by atoms with E-state index in [1.807, 2.05) is 12.1 Å². The Morgan fingerprint density at radius 1 is 0.455 bits per heavy atom. The van der Waals surface area contributed by atoms with Crippen molar-refractivity contribution in [2.75, 3.05) is 0 Å². The summed E-state index contributed by atoms with van der Waals surface area (Å²) in [6, 6.07) is 47.2. The van der Waals surface area contributed by atoms with Crippen molar-refractivity contribution in [3.05, 3.63) is 139 Å². The molecule has 2 heterocycles. The highest BCUT2D eigenvalue weighted by molar-refractivity contribution is 7.22. The number of aromatic nitrogens is 3. The highest BCUT2D eigenvalue weighted by atomic mass is 32.1. The lowest BCUT2D eigenvalue weighted by atomic mass is 9.97. The zero-order valence-electron chi connectivity index (χ0n) is 24.4. The molecular formula is C40H31N3S.